The Morgan fingerprint density at radius 3 is 2.53 bits per heavy atom. The third-order valence-corrected chi connectivity index (χ3v) is 3.17. The van der Waals surface area contributed by atoms with Crippen LogP contribution in [0.15, 0.2) is 40.9 Å². The van der Waals surface area contributed by atoms with E-state index in [9.17, 15) is 10.1 Å². The largest absolute Gasteiger partial charge is 0.450 e. The van der Waals surface area contributed by atoms with Crippen LogP contribution in [-0.2, 0) is 0 Å². The fourth-order valence-corrected chi connectivity index (χ4v) is 2.00. The van der Waals surface area contributed by atoms with Crippen molar-refractivity contribution in [3.8, 4) is 11.5 Å². The maximum absolute atomic E-state index is 11.0. The van der Waals surface area contributed by atoms with E-state index in [2.05, 4.69) is 15.9 Å². The second-order valence-corrected chi connectivity index (χ2v) is 5.16. The molecule has 0 heterocycles. The van der Waals surface area contributed by atoms with Crippen LogP contribution in [0.3, 0.4) is 0 Å². The topological polar surface area (TPSA) is 52.4 Å². The van der Waals surface area contributed by atoms with E-state index in [1.54, 1.807) is 25.1 Å². The van der Waals surface area contributed by atoms with Gasteiger partial charge in [-0.2, -0.15) is 0 Å². The first-order chi connectivity index (χ1) is 8.97. The molecule has 0 aliphatic heterocycles. The lowest BCUT2D eigenvalue weighted by Crippen LogP contribution is -1.95. The number of halogens is 1. The summed E-state index contributed by atoms with van der Waals surface area (Å²) in [6.07, 6.45) is 0. The van der Waals surface area contributed by atoms with Crippen molar-refractivity contribution >= 4 is 21.6 Å². The van der Waals surface area contributed by atoms with Gasteiger partial charge in [-0.1, -0.05) is 28.1 Å². The highest BCUT2D eigenvalue weighted by Crippen LogP contribution is 2.34. The molecule has 2 aromatic carbocycles. The van der Waals surface area contributed by atoms with Crippen LogP contribution < -0.4 is 4.74 Å². The molecule has 2 rings (SSSR count). The number of ether oxygens (including phenoxy) is 1. The van der Waals surface area contributed by atoms with Gasteiger partial charge in [0.25, 0.3) is 0 Å². The molecule has 2 aromatic rings. The van der Waals surface area contributed by atoms with E-state index in [1.165, 1.54) is 6.07 Å². The zero-order chi connectivity index (χ0) is 14.0. The number of nitro groups is 1. The molecule has 0 radical (unpaired) electrons. The highest BCUT2D eigenvalue weighted by atomic mass is 79.9. The summed E-state index contributed by atoms with van der Waals surface area (Å²) in [5.41, 5.74) is 1.71. The van der Waals surface area contributed by atoms with E-state index in [4.69, 9.17) is 4.74 Å². The molecule has 19 heavy (non-hydrogen) atoms. The van der Waals surface area contributed by atoms with E-state index in [0.29, 0.717) is 5.75 Å². The fourth-order valence-electron chi connectivity index (χ4n) is 1.66. The Bertz CT molecular complexity index is 641. The predicted molar refractivity (Wildman–Crippen MR) is 76.8 cm³/mol. The van der Waals surface area contributed by atoms with Gasteiger partial charge in [0.2, 0.25) is 5.75 Å². The van der Waals surface area contributed by atoms with Crippen LogP contribution in [0.5, 0.6) is 11.5 Å². The third kappa shape index (κ3) is 3.12. The molecule has 5 heteroatoms. The lowest BCUT2D eigenvalue weighted by Gasteiger charge is -2.09. The van der Waals surface area contributed by atoms with Crippen molar-refractivity contribution in [1.29, 1.82) is 0 Å². The van der Waals surface area contributed by atoms with Gasteiger partial charge in [0, 0.05) is 10.5 Å². The number of aryl methyl sites for hydroxylation is 2. The van der Waals surface area contributed by atoms with Crippen LogP contribution in [0, 0.1) is 24.0 Å². The lowest BCUT2D eigenvalue weighted by molar-refractivity contribution is -0.385. The first-order valence-corrected chi connectivity index (χ1v) is 6.46. The van der Waals surface area contributed by atoms with Crippen molar-refractivity contribution in [3.63, 3.8) is 0 Å². The Morgan fingerprint density at radius 1 is 1.11 bits per heavy atom. The second-order valence-electron chi connectivity index (χ2n) is 4.24. The molecule has 0 amide bonds. The number of benzene rings is 2. The number of rotatable bonds is 3. The first-order valence-electron chi connectivity index (χ1n) is 5.66. The van der Waals surface area contributed by atoms with Gasteiger partial charge in [0.05, 0.1) is 4.92 Å². The van der Waals surface area contributed by atoms with Crippen molar-refractivity contribution < 1.29 is 9.66 Å². The summed E-state index contributed by atoms with van der Waals surface area (Å²) in [5, 5.41) is 11.0. The average Bonchev–Trinajstić information content (AvgIpc) is 2.35. The number of hydrogen-bond acceptors (Lipinski definition) is 3. The van der Waals surface area contributed by atoms with Gasteiger partial charge in [-0.25, -0.2) is 0 Å². The molecular formula is C14H12BrNO3. The fraction of sp³-hybridized carbons (Fsp3) is 0.143. The molecule has 0 fully saturated rings. The van der Waals surface area contributed by atoms with Crippen LogP contribution in [0.1, 0.15) is 11.1 Å². The van der Waals surface area contributed by atoms with Gasteiger partial charge >= 0.3 is 5.69 Å². The van der Waals surface area contributed by atoms with E-state index in [1.807, 2.05) is 19.1 Å². The summed E-state index contributed by atoms with van der Waals surface area (Å²) in [5.74, 6) is 0.845. The Labute approximate surface area is 119 Å². The third-order valence-electron chi connectivity index (χ3n) is 2.68. The SMILES string of the molecule is Cc1ccc(Oc2cc(Br)ccc2C)c([N+](=O)[O-])c1. The van der Waals surface area contributed by atoms with E-state index in [0.717, 1.165) is 15.6 Å². The number of hydrogen-bond donors (Lipinski definition) is 0. The first kappa shape index (κ1) is 13.5. The van der Waals surface area contributed by atoms with Gasteiger partial charge in [-0.05, 0) is 43.2 Å². The predicted octanol–water partition coefficient (Wildman–Crippen LogP) is 4.77. The Morgan fingerprint density at radius 2 is 1.84 bits per heavy atom. The van der Waals surface area contributed by atoms with Crippen LogP contribution >= 0.6 is 15.9 Å². The Balaban J connectivity index is 2.43. The van der Waals surface area contributed by atoms with Gasteiger partial charge < -0.3 is 4.74 Å². The van der Waals surface area contributed by atoms with Crippen molar-refractivity contribution in [2.45, 2.75) is 13.8 Å². The standard InChI is InChI=1S/C14H12BrNO3/c1-9-3-6-13(12(7-9)16(17)18)19-14-8-11(15)5-4-10(14)2/h3-8H,1-2H3. The van der Waals surface area contributed by atoms with Crippen LogP contribution in [0.25, 0.3) is 0 Å². The molecule has 0 aliphatic rings. The Hall–Kier alpha value is -1.88. The van der Waals surface area contributed by atoms with Crippen LogP contribution in [0.4, 0.5) is 5.69 Å². The normalized spacial score (nSPS) is 10.3. The summed E-state index contributed by atoms with van der Waals surface area (Å²) < 4.78 is 6.53. The zero-order valence-corrected chi connectivity index (χ0v) is 12.1. The van der Waals surface area contributed by atoms with Gasteiger partial charge in [-0.15, -0.1) is 0 Å². The summed E-state index contributed by atoms with van der Waals surface area (Å²) in [6.45, 7) is 3.70. The maximum atomic E-state index is 11.0. The monoisotopic (exact) mass is 321 g/mol. The van der Waals surface area contributed by atoms with Crippen molar-refractivity contribution in [2.24, 2.45) is 0 Å². The van der Waals surface area contributed by atoms with Crippen molar-refractivity contribution in [3.05, 3.63) is 62.1 Å². The number of nitrogens with zero attached hydrogens (tertiary/aromatic N) is 1. The molecule has 98 valence electrons. The minimum atomic E-state index is -0.435. The molecule has 0 atom stereocenters. The summed E-state index contributed by atoms with van der Waals surface area (Å²) in [4.78, 5) is 10.6. The Kier molecular flexibility index (Phi) is 3.85. The lowest BCUT2D eigenvalue weighted by atomic mass is 10.2. The molecule has 0 unspecified atom stereocenters. The maximum Gasteiger partial charge on any atom is 0.311 e. The molecule has 4 nitrogen and oxygen atoms in total. The van der Waals surface area contributed by atoms with Crippen LogP contribution in [0.2, 0.25) is 0 Å². The minimum absolute atomic E-state index is 0.0284. The zero-order valence-electron chi connectivity index (χ0n) is 10.5. The smallest absolute Gasteiger partial charge is 0.311 e. The van der Waals surface area contributed by atoms with Gasteiger partial charge in [0.15, 0.2) is 0 Å². The average molecular weight is 322 g/mol. The summed E-state index contributed by atoms with van der Waals surface area (Å²) in [7, 11) is 0. The quantitative estimate of drug-likeness (QED) is 0.604. The molecule has 0 N–H and O–H groups in total. The summed E-state index contributed by atoms with van der Waals surface area (Å²) >= 11 is 3.35. The molecule has 0 saturated heterocycles. The molecule has 0 aliphatic carbocycles. The highest BCUT2D eigenvalue weighted by Gasteiger charge is 2.16. The molecule has 0 spiro atoms. The van der Waals surface area contributed by atoms with E-state index in [-0.39, 0.29) is 11.4 Å². The molecule has 0 bridgehead atoms. The van der Waals surface area contributed by atoms with Gasteiger partial charge in [-0.3, -0.25) is 10.1 Å². The van der Waals surface area contributed by atoms with Crippen LogP contribution in [-0.4, -0.2) is 4.92 Å². The van der Waals surface area contributed by atoms with E-state index < -0.39 is 4.92 Å². The minimum Gasteiger partial charge on any atom is -0.450 e. The van der Waals surface area contributed by atoms with Crippen molar-refractivity contribution in [2.75, 3.05) is 0 Å². The summed E-state index contributed by atoms with van der Waals surface area (Å²) in [6, 6.07) is 10.5. The number of nitro benzene ring substituents is 1. The molecular weight excluding hydrogens is 310 g/mol. The molecule has 0 aromatic heterocycles. The van der Waals surface area contributed by atoms with Crippen molar-refractivity contribution in [1.82, 2.24) is 0 Å². The van der Waals surface area contributed by atoms with E-state index >= 15 is 0 Å². The second kappa shape index (κ2) is 5.40. The van der Waals surface area contributed by atoms with Gasteiger partial charge in [0.1, 0.15) is 5.75 Å². The molecule has 0 saturated carbocycles. The highest BCUT2D eigenvalue weighted by molar-refractivity contribution is 9.10.